The van der Waals surface area contributed by atoms with Gasteiger partial charge in [0.05, 0.1) is 5.56 Å². The number of amides is 1. The molecule has 1 N–H and O–H groups in total. The molecule has 1 amide bonds. The van der Waals surface area contributed by atoms with Crippen molar-refractivity contribution in [3.05, 3.63) is 29.6 Å². The Morgan fingerprint density at radius 2 is 2.05 bits per heavy atom. The second-order valence-electron chi connectivity index (χ2n) is 5.60. The maximum absolute atomic E-state index is 13.3. The minimum Gasteiger partial charge on any atom is -0.507 e. The molecule has 20 heavy (non-hydrogen) atoms. The number of phenolic OH excluding ortho intramolecular Hbond substituents is 1. The highest BCUT2D eigenvalue weighted by Crippen LogP contribution is 2.25. The number of nitrogens with zero attached hydrogens (tertiary/aromatic N) is 2. The molecule has 1 aromatic rings. The van der Waals surface area contributed by atoms with Gasteiger partial charge in [-0.2, -0.15) is 0 Å². The van der Waals surface area contributed by atoms with Gasteiger partial charge < -0.3 is 10.0 Å². The lowest BCUT2D eigenvalue weighted by atomic mass is 10.1. The summed E-state index contributed by atoms with van der Waals surface area (Å²) in [4.78, 5) is 16.7. The zero-order chi connectivity index (χ0) is 14.1. The fourth-order valence-corrected chi connectivity index (χ4v) is 3.24. The summed E-state index contributed by atoms with van der Waals surface area (Å²) in [7, 11) is 0. The van der Waals surface area contributed by atoms with Crippen LogP contribution in [-0.2, 0) is 0 Å². The van der Waals surface area contributed by atoms with Crippen molar-refractivity contribution in [3.63, 3.8) is 0 Å². The molecule has 3 rings (SSSR count). The predicted octanol–water partition coefficient (Wildman–Crippen LogP) is 1.84. The highest BCUT2D eigenvalue weighted by molar-refractivity contribution is 5.96. The molecule has 0 radical (unpaired) electrons. The van der Waals surface area contributed by atoms with Gasteiger partial charge in [-0.3, -0.25) is 9.69 Å². The summed E-state index contributed by atoms with van der Waals surface area (Å²) in [6.45, 7) is 3.47. The predicted molar refractivity (Wildman–Crippen MR) is 73.2 cm³/mol. The van der Waals surface area contributed by atoms with Gasteiger partial charge in [0, 0.05) is 25.7 Å². The average molecular weight is 278 g/mol. The molecule has 2 aliphatic heterocycles. The monoisotopic (exact) mass is 278 g/mol. The number of rotatable bonds is 1. The smallest absolute Gasteiger partial charge is 0.257 e. The molecule has 2 heterocycles. The zero-order valence-corrected chi connectivity index (χ0v) is 11.4. The first-order chi connectivity index (χ1) is 9.65. The minimum atomic E-state index is -0.497. The van der Waals surface area contributed by atoms with Crippen LogP contribution in [0.25, 0.3) is 0 Å². The van der Waals surface area contributed by atoms with E-state index in [9.17, 15) is 14.3 Å². The van der Waals surface area contributed by atoms with Crippen LogP contribution in [0.4, 0.5) is 4.39 Å². The number of benzene rings is 1. The maximum Gasteiger partial charge on any atom is 0.257 e. The summed E-state index contributed by atoms with van der Waals surface area (Å²) < 4.78 is 13.3. The van der Waals surface area contributed by atoms with E-state index in [0.29, 0.717) is 19.1 Å². The highest BCUT2D eigenvalue weighted by Gasteiger charge is 2.31. The lowest BCUT2D eigenvalue weighted by Crippen LogP contribution is -2.39. The zero-order valence-electron chi connectivity index (χ0n) is 11.4. The first-order valence-electron chi connectivity index (χ1n) is 7.17. The average Bonchev–Trinajstić information content (AvgIpc) is 2.78. The number of hydrogen-bond acceptors (Lipinski definition) is 3. The minimum absolute atomic E-state index is 0.0662. The molecular formula is C15H19FN2O2. The van der Waals surface area contributed by atoms with Gasteiger partial charge in [0.2, 0.25) is 0 Å². The third-order valence-corrected chi connectivity index (χ3v) is 4.28. The SMILES string of the molecule is O=C(c1cc(F)ccc1O)N1CCCN2CCCC2C1. The van der Waals surface area contributed by atoms with Gasteiger partial charge in [0.15, 0.2) is 0 Å². The van der Waals surface area contributed by atoms with Gasteiger partial charge >= 0.3 is 0 Å². The van der Waals surface area contributed by atoms with E-state index >= 15 is 0 Å². The van der Waals surface area contributed by atoms with Crippen molar-refractivity contribution in [2.75, 3.05) is 26.2 Å². The molecule has 0 spiro atoms. The van der Waals surface area contributed by atoms with Crippen LogP contribution in [0.5, 0.6) is 5.75 Å². The maximum atomic E-state index is 13.3. The van der Waals surface area contributed by atoms with Crippen molar-refractivity contribution < 1.29 is 14.3 Å². The molecule has 5 heteroatoms. The lowest BCUT2D eigenvalue weighted by Gasteiger charge is -2.26. The molecule has 0 aliphatic carbocycles. The largest absolute Gasteiger partial charge is 0.507 e. The van der Waals surface area contributed by atoms with E-state index in [0.717, 1.165) is 38.1 Å². The standard InChI is InChI=1S/C15H19FN2O2/c16-11-4-5-14(19)13(9-11)15(20)18-8-2-7-17-6-1-3-12(17)10-18/h4-5,9,12,19H,1-3,6-8,10H2. The Kier molecular flexibility index (Phi) is 3.61. The fraction of sp³-hybridized carbons (Fsp3) is 0.533. The quantitative estimate of drug-likeness (QED) is 0.852. The van der Waals surface area contributed by atoms with E-state index < -0.39 is 5.82 Å². The van der Waals surface area contributed by atoms with Crippen molar-refractivity contribution >= 4 is 5.91 Å². The Bertz CT molecular complexity index is 521. The second kappa shape index (κ2) is 5.40. The number of carbonyl (C=O) groups excluding carboxylic acids is 1. The Hall–Kier alpha value is -1.62. The molecule has 1 atom stereocenters. The van der Waals surface area contributed by atoms with Gasteiger partial charge in [-0.15, -0.1) is 0 Å². The molecular weight excluding hydrogens is 259 g/mol. The summed E-state index contributed by atoms with van der Waals surface area (Å²) in [6.07, 6.45) is 3.22. The van der Waals surface area contributed by atoms with Crippen molar-refractivity contribution in [1.82, 2.24) is 9.80 Å². The van der Waals surface area contributed by atoms with Crippen LogP contribution in [0.15, 0.2) is 18.2 Å². The molecule has 2 fully saturated rings. The molecule has 0 saturated carbocycles. The first-order valence-corrected chi connectivity index (χ1v) is 7.17. The number of phenols is 1. The van der Waals surface area contributed by atoms with Gasteiger partial charge in [0.1, 0.15) is 11.6 Å². The number of aromatic hydroxyl groups is 1. The van der Waals surface area contributed by atoms with E-state index in [4.69, 9.17) is 0 Å². The first kappa shape index (κ1) is 13.4. The number of hydrogen-bond donors (Lipinski definition) is 1. The van der Waals surface area contributed by atoms with Crippen LogP contribution in [0.2, 0.25) is 0 Å². The summed E-state index contributed by atoms with van der Waals surface area (Å²) in [5.41, 5.74) is 0.0662. The Labute approximate surface area is 117 Å². The molecule has 2 aliphatic rings. The van der Waals surface area contributed by atoms with Crippen molar-refractivity contribution in [3.8, 4) is 5.75 Å². The van der Waals surface area contributed by atoms with Crippen LogP contribution >= 0.6 is 0 Å². The summed E-state index contributed by atoms with van der Waals surface area (Å²) in [6, 6.07) is 3.93. The van der Waals surface area contributed by atoms with Gasteiger partial charge in [0.25, 0.3) is 5.91 Å². The molecule has 4 nitrogen and oxygen atoms in total. The topological polar surface area (TPSA) is 43.8 Å². The van der Waals surface area contributed by atoms with Crippen molar-refractivity contribution in [2.24, 2.45) is 0 Å². The van der Waals surface area contributed by atoms with Crippen LogP contribution in [0.3, 0.4) is 0 Å². The van der Waals surface area contributed by atoms with Crippen LogP contribution in [-0.4, -0.2) is 53.0 Å². The van der Waals surface area contributed by atoms with Crippen molar-refractivity contribution in [1.29, 1.82) is 0 Å². The summed E-state index contributed by atoms with van der Waals surface area (Å²) >= 11 is 0. The Morgan fingerprint density at radius 3 is 2.90 bits per heavy atom. The van der Waals surface area contributed by atoms with Gasteiger partial charge in [-0.05, 0) is 44.0 Å². The van der Waals surface area contributed by atoms with E-state index in [1.807, 2.05) is 0 Å². The van der Waals surface area contributed by atoms with Gasteiger partial charge in [-0.25, -0.2) is 4.39 Å². The Balaban J connectivity index is 1.80. The second-order valence-corrected chi connectivity index (χ2v) is 5.60. The fourth-order valence-electron chi connectivity index (χ4n) is 3.24. The molecule has 1 unspecified atom stereocenters. The van der Waals surface area contributed by atoms with E-state index in [-0.39, 0.29) is 17.2 Å². The summed E-state index contributed by atoms with van der Waals surface area (Å²) in [5.74, 6) is -0.914. The molecule has 0 bridgehead atoms. The number of carbonyl (C=O) groups is 1. The summed E-state index contributed by atoms with van der Waals surface area (Å²) in [5, 5.41) is 9.77. The Morgan fingerprint density at radius 1 is 1.25 bits per heavy atom. The molecule has 108 valence electrons. The molecule has 1 aromatic carbocycles. The molecule has 0 aromatic heterocycles. The number of fused-ring (bicyclic) bond motifs is 1. The van der Waals surface area contributed by atoms with E-state index in [1.165, 1.54) is 12.5 Å². The lowest BCUT2D eigenvalue weighted by molar-refractivity contribution is 0.0740. The third-order valence-electron chi connectivity index (χ3n) is 4.28. The highest BCUT2D eigenvalue weighted by atomic mass is 19.1. The van der Waals surface area contributed by atoms with Crippen molar-refractivity contribution in [2.45, 2.75) is 25.3 Å². The van der Waals surface area contributed by atoms with Crippen LogP contribution < -0.4 is 0 Å². The van der Waals surface area contributed by atoms with E-state index in [1.54, 1.807) is 4.90 Å². The van der Waals surface area contributed by atoms with E-state index in [2.05, 4.69) is 4.90 Å². The molecule has 2 saturated heterocycles. The number of halogens is 1. The van der Waals surface area contributed by atoms with Crippen LogP contribution in [0, 0.1) is 5.82 Å². The third kappa shape index (κ3) is 2.50. The van der Waals surface area contributed by atoms with Gasteiger partial charge in [-0.1, -0.05) is 0 Å². The normalized spacial score (nSPS) is 23.4. The van der Waals surface area contributed by atoms with Crippen LogP contribution in [0.1, 0.15) is 29.6 Å².